The van der Waals surface area contributed by atoms with Crippen LogP contribution in [-0.4, -0.2) is 45.5 Å². The Morgan fingerprint density at radius 3 is 2.11 bits per heavy atom. The van der Waals surface area contributed by atoms with Gasteiger partial charge >= 0.3 is 0 Å². The third kappa shape index (κ3) is 3.10. The Balaban J connectivity index is 1.61. The summed E-state index contributed by atoms with van der Waals surface area (Å²) < 4.78 is 11.0. The van der Waals surface area contributed by atoms with Gasteiger partial charge in [-0.25, -0.2) is 0 Å². The number of para-hydroxylation sites is 2. The molecule has 0 atom stereocenters. The van der Waals surface area contributed by atoms with Crippen molar-refractivity contribution in [2.75, 3.05) is 50.2 Å². The summed E-state index contributed by atoms with van der Waals surface area (Å²) in [5, 5.41) is 12.8. The summed E-state index contributed by atoms with van der Waals surface area (Å²) in [5.74, 6) is 1.64. The summed E-state index contributed by atoms with van der Waals surface area (Å²) in [6.07, 6.45) is 0. The lowest BCUT2D eigenvalue weighted by Crippen LogP contribution is -2.46. The van der Waals surface area contributed by atoms with Gasteiger partial charge in [-0.15, -0.1) is 0 Å². The van der Waals surface area contributed by atoms with E-state index in [1.165, 1.54) is 0 Å². The van der Waals surface area contributed by atoms with Crippen molar-refractivity contribution in [3.05, 3.63) is 54.6 Å². The van der Waals surface area contributed by atoms with Crippen LogP contribution in [0.3, 0.4) is 0 Å². The van der Waals surface area contributed by atoms with Gasteiger partial charge in [-0.3, -0.25) is 0 Å². The quantitative estimate of drug-likeness (QED) is 0.761. The Morgan fingerprint density at radius 2 is 1.41 bits per heavy atom. The average molecular weight is 364 g/mol. The second kappa shape index (κ2) is 7.27. The standard InChI is InChI=1S/C22H24N2O3/c1-26-20-10-6-5-9-18(20)23-11-13-24(14-12-23)19-15-16-7-3-4-8-17(16)22(27-2)21(19)25/h3-10,15,25H,11-14H2,1-2H3. The van der Waals surface area contributed by atoms with E-state index in [2.05, 4.69) is 15.9 Å². The fourth-order valence-electron chi connectivity index (χ4n) is 3.82. The second-order valence-electron chi connectivity index (χ2n) is 6.64. The summed E-state index contributed by atoms with van der Waals surface area (Å²) >= 11 is 0. The fourth-order valence-corrected chi connectivity index (χ4v) is 3.82. The maximum absolute atomic E-state index is 10.8. The minimum absolute atomic E-state index is 0.210. The molecule has 140 valence electrons. The number of fused-ring (bicyclic) bond motifs is 1. The van der Waals surface area contributed by atoms with Crippen molar-refractivity contribution >= 4 is 22.1 Å². The van der Waals surface area contributed by atoms with E-state index in [4.69, 9.17) is 9.47 Å². The predicted molar refractivity (Wildman–Crippen MR) is 110 cm³/mol. The smallest absolute Gasteiger partial charge is 0.182 e. The van der Waals surface area contributed by atoms with Gasteiger partial charge in [-0.05, 0) is 23.6 Å². The molecule has 0 saturated carbocycles. The fraction of sp³-hybridized carbons (Fsp3) is 0.273. The Hall–Kier alpha value is -3.08. The number of hydrogen-bond acceptors (Lipinski definition) is 5. The van der Waals surface area contributed by atoms with E-state index in [0.717, 1.165) is 54.1 Å². The van der Waals surface area contributed by atoms with E-state index in [1.807, 2.05) is 48.5 Å². The predicted octanol–water partition coefficient (Wildman–Crippen LogP) is 3.89. The molecule has 1 fully saturated rings. The number of ether oxygens (including phenoxy) is 2. The zero-order valence-electron chi connectivity index (χ0n) is 15.7. The van der Waals surface area contributed by atoms with Crippen LogP contribution >= 0.6 is 0 Å². The molecule has 0 aromatic heterocycles. The summed E-state index contributed by atoms with van der Waals surface area (Å²) in [4.78, 5) is 4.54. The first-order valence-corrected chi connectivity index (χ1v) is 9.14. The average Bonchev–Trinajstić information content (AvgIpc) is 2.73. The number of aromatic hydroxyl groups is 1. The lowest BCUT2D eigenvalue weighted by atomic mass is 10.1. The molecular formula is C22H24N2O3. The molecular weight excluding hydrogens is 340 g/mol. The molecule has 27 heavy (non-hydrogen) atoms. The van der Waals surface area contributed by atoms with Crippen LogP contribution in [0.2, 0.25) is 0 Å². The van der Waals surface area contributed by atoms with Crippen LogP contribution in [-0.2, 0) is 0 Å². The Labute approximate surface area is 159 Å². The molecule has 5 nitrogen and oxygen atoms in total. The number of methoxy groups -OCH3 is 2. The summed E-state index contributed by atoms with van der Waals surface area (Å²) in [5.41, 5.74) is 1.94. The molecule has 0 radical (unpaired) electrons. The molecule has 0 aliphatic carbocycles. The van der Waals surface area contributed by atoms with Crippen LogP contribution in [0.5, 0.6) is 17.2 Å². The van der Waals surface area contributed by atoms with Crippen LogP contribution in [0, 0.1) is 0 Å². The van der Waals surface area contributed by atoms with E-state index in [0.29, 0.717) is 5.75 Å². The van der Waals surface area contributed by atoms with Crippen LogP contribution < -0.4 is 19.3 Å². The van der Waals surface area contributed by atoms with Crippen molar-refractivity contribution in [3.8, 4) is 17.2 Å². The zero-order chi connectivity index (χ0) is 18.8. The van der Waals surface area contributed by atoms with Gasteiger partial charge in [0.05, 0.1) is 25.6 Å². The minimum atomic E-state index is 0.210. The van der Waals surface area contributed by atoms with Crippen molar-refractivity contribution in [1.29, 1.82) is 0 Å². The van der Waals surface area contributed by atoms with Gasteiger partial charge in [0.15, 0.2) is 11.5 Å². The number of hydrogen-bond donors (Lipinski definition) is 1. The first-order chi connectivity index (χ1) is 13.2. The van der Waals surface area contributed by atoms with E-state index < -0.39 is 0 Å². The van der Waals surface area contributed by atoms with Gasteiger partial charge in [0.2, 0.25) is 0 Å². The molecule has 0 bridgehead atoms. The van der Waals surface area contributed by atoms with Gasteiger partial charge in [0.1, 0.15) is 5.75 Å². The normalized spacial score (nSPS) is 14.4. The van der Waals surface area contributed by atoms with E-state index in [1.54, 1.807) is 14.2 Å². The van der Waals surface area contributed by atoms with Crippen molar-refractivity contribution in [1.82, 2.24) is 0 Å². The summed E-state index contributed by atoms with van der Waals surface area (Å²) in [6.45, 7) is 3.34. The third-order valence-electron chi connectivity index (χ3n) is 5.21. The van der Waals surface area contributed by atoms with Gasteiger partial charge < -0.3 is 24.4 Å². The van der Waals surface area contributed by atoms with Gasteiger partial charge in [-0.2, -0.15) is 0 Å². The number of piperazine rings is 1. The number of anilines is 2. The highest BCUT2D eigenvalue weighted by molar-refractivity contribution is 5.95. The van der Waals surface area contributed by atoms with Crippen molar-refractivity contribution in [2.24, 2.45) is 0 Å². The molecule has 4 rings (SSSR count). The largest absolute Gasteiger partial charge is 0.503 e. The molecule has 1 aliphatic rings. The van der Waals surface area contributed by atoms with Crippen LogP contribution in [0.25, 0.3) is 10.8 Å². The lowest BCUT2D eigenvalue weighted by Gasteiger charge is -2.38. The number of benzene rings is 3. The SMILES string of the molecule is COc1ccccc1N1CCN(c2cc3ccccc3c(OC)c2O)CC1. The topological polar surface area (TPSA) is 45.2 Å². The van der Waals surface area contributed by atoms with Crippen LogP contribution in [0.1, 0.15) is 0 Å². The second-order valence-corrected chi connectivity index (χ2v) is 6.64. The number of phenolic OH excluding ortho intramolecular Hbond substituents is 1. The molecule has 3 aromatic carbocycles. The van der Waals surface area contributed by atoms with Gasteiger partial charge in [0.25, 0.3) is 0 Å². The first-order valence-electron chi connectivity index (χ1n) is 9.14. The molecule has 1 N–H and O–H groups in total. The first kappa shape index (κ1) is 17.3. The van der Waals surface area contributed by atoms with Crippen LogP contribution in [0.4, 0.5) is 11.4 Å². The molecule has 0 spiro atoms. The Kier molecular flexibility index (Phi) is 4.67. The molecule has 1 aliphatic heterocycles. The molecule has 5 heteroatoms. The van der Waals surface area contributed by atoms with E-state index in [-0.39, 0.29) is 5.75 Å². The highest BCUT2D eigenvalue weighted by atomic mass is 16.5. The number of phenols is 1. The lowest BCUT2D eigenvalue weighted by molar-refractivity contribution is 0.377. The Morgan fingerprint density at radius 1 is 0.778 bits per heavy atom. The highest BCUT2D eigenvalue weighted by Gasteiger charge is 2.23. The maximum Gasteiger partial charge on any atom is 0.182 e. The minimum Gasteiger partial charge on any atom is -0.503 e. The highest BCUT2D eigenvalue weighted by Crippen LogP contribution is 2.43. The summed E-state index contributed by atoms with van der Waals surface area (Å²) in [7, 11) is 3.30. The molecule has 0 unspecified atom stereocenters. The molecule has 3 aromatic rings. The maximum atomic E-state index is 10.8. The molecule has 0 amide bonds. The molecule has 1 heterocycles. The Bertz CT molecular complexity index is 949. The van der Waals surface area contributed by atoms with Crippen molar-refractivity contribution in [2.45, 2.75) is 0 Å². The third-order valence-corrected chi connectivity index (χ3v) is 5.21. The van der Waals surface area contributed by atoms with Gasteiger partial charge in [0, 0.05) is 31.6 Å². The summed E-state index contributed by atoms with van der Waals surface area (Å²) in [6, 6.07) is 18.1. The molecule has 1 saturated heterocycles. The van der Waals surface area contributed by atoms with Crippen molar-refractivity contribution < 1.29 is 14.6 Å². The van der Waals surface area contributed by atoms with E-state index in [9.17, 15) is 5.11 Å². The van der Waals surface area contributed by atoms with Crippen LogP contribution in [0.15, 0.2) is 54.6 Å². The zero-order valence-corrected chi connectivity index (χ0v) is 15.7. The van der Waals surface area contributed by atoms with E-state index >= 15 is 0 Å². The van der Waals surface area contributed by atoms with Gasteiger partial charge in [-0.1, -0.05) is 36.4 Å². The monoisotopic (exact) mass is 364 g/mol. The van der Waals surface area contributed by atoms with Crippen molar-refractivity contribution in [3.63, 3.8) is 0 Å². The number of nitrogens with zero attached hydrogens (tertiary/aromatic N) is 2. The number of rotatable bonds is 4.